The van der Waals surface area contributed by atoms with Crippen molar-refractivity contribution < 1.29 is 9.21 Å². The zero-order valence-electron chi connectivity index (χ0n) is 12.3. The average Bonchev–Trinajstić information content (AvgIpc) is 3.16. The van der Waals surface area contributed by atoms with Gasteiger partial charge in [-0.25, -0.2) is 0 Å². The van der Waals surface area contributed by atoms with Gasteiger partial charge < -0.3 is 14.6 Å². The number of amides is 1. The topological polar surface area (TPSA) is 45.5 Å². The van der Waals surface area contributed by atoms with Crippen molar-refractivity contribution in [2.45, 2.75) is 44.6 Å². The molecule has 1 aromatic rings. The first kappa shape index (κ1) is 15.1. The third-order valence-corrected chi connectivity index (χ3v) is 5.26. The summed E-state index contributed by atoms with van der Waals surface area (Å²) < 4.78 is 5.86. The summed E-state index contributed by atoms with van der Waals surface area (Å²) in [5.74, 6) is 0.870. The van der Waals surface area contributed by atoms with Gasteiger partial charge in [-0.05, 0) is 72.8 Å². The van der Waals surface area contributed by atoms with Gasteiger partial charge in [0, 0.05) is 12.6 Å². The Morgan fingerprint density at radius 3 is 2.57 bits per heavy atom. The number of furan rings is 1. The van der Waals surface area contributed by atoms with Crippen LogP contribution in [-0.4, -0.2) is 36.5 Å². The van der Waals surface area contributed by atoms with E-state index in [1.54, 1.807) is 12.1 Å². The normalized spacial score (nSPS) is 21.8. The first-order valence-electron chi connectivity index (χ1n) is 8.00. The molecule has 0 bridgehead atoms. The maximum absolute atomic E-state index is 11.9. The quantitative estimate of drug-likeness (QED) is 0.900. The van der Waals surface area contributed by atoms with Crippen LogP contribution in [0.3, 0.4) is 0 Å². The van der Waals surface area contributed by atoms with Gasteiger partial charge in [-0.3, -0.25) is 4.79 Å². The van der Waals surface area contributed by atoms with E-state index in [1.165, 1.54) is 51.6 Å². The summed E-state index contributed by atoms with van der Waals surface area (Å²) in [6, 6.07) is 4.28. The predicted octanol–water partition coefficient (Wildman–Crippen LogP) is 3.43. The lowest BCUT2D eigenvalue weighted by atomic mass is 9.95. The molecule has 0 spiro atoms. The van der Waals surface area contributed by atoms with E-state index in [4.69, 9.17) is 4.42 Å². The van der Waals surface area contributed by atoms with Crippen molar-refractivity contribution in [1.29, 1.82) is 0 Å². The lowest BCUT2D eigenvalue weighted by molar-refractivity contribution is 0.0896. The number of likely N-dealkylation sites (tertiary alicyclic amines) is 1. The molecular formula is C16H23BrN2O2. The van der Waals surface area contributed by atoms with E-state index in [0.717, 1.165) is 12.6 Å². The van der Waals surface area contributed by atoms with Crippen molar-refractivity contribution in [2.75, 3.05) is 19.6 Å². The minimum absolute atomic E-state index is 0.112. The molecule has 4 nitrogen and oxygen atoms in total. The molecule has 0 atom stereocenters. The molecule has 1 amide bonds. The maximum atomic E-state index is 11.9. The van der Waals surface area contributed by atoms with Gasteiger partial charge in [-0.2, -0.15) is 0 Å². The average molecular weight is 355 g/mol. The molecule has 1 N–H and O–H groups in total. The molecule has 1 saturated heterocycles. The highest BCUT2D eigenvalue weighted by molar-refractivity contribution is 9.10. The molecule has 1 saturated carbocycles. The monoisotopic (exact) mass is 354 g/mol. The Hall–Kier alpha value is -0.810. The highest BCUT2D eigenvalue weighted by atomic mass is 79.9. The van der Waals surface area contributed by atoms with E-state index in [1.807, 2.05) is 0 Å². The third-order valence-electron chi connectivity index (χ3n) is 4.84. The van der Waals surface area contributed by atoms with E-state index in [2.05, 4.69) is 26.1 Å². The van der Waals surface area contributed by atoms with Gasteiger partial charge in [0.05, 0.1) is 0 Å². The second-order valence-corrected chi connectivity index (χ2v) is 7.01. The van der Waals surface area contributed by atoms with Gasteiger partial charge in [0.15, 0.2) is 10.4 Å². The van der Waals surface area contributed by atoms with Crippen LogP contribution in [0.2, 0.25) is 0 Å². The summed E-state index contributed by atoms with van der Waals surface area (Å²) in [5, 5.41) is 2.99. The molecule has 2 aliphatic rings. The van der Waals surface area contributed by atoms with Crippen LogP contribution in [0.25, 0.3) is 0 Å². The van der Waals surface area contributed by atoms with Crippen molar-refractivity contribution >= 4 is 21.8 Å². The molecule has 2 heterocycles. The van der Waals surface area contributed by atoms with E-state index in [9.17, 15) is 4.79 Å². The molecule has 0 radical (unpaired) electrons. The van der Waals surface area contributed by atoms with Crippen molar-refractivity contribution in [2.24, 2.45) is 5.92 Å². The van der Waals surface area contributed by atoms with Gasteiger partial charge in [0.2, 0.25) is 0 Å². The van der Waals surface area contributed by atoms with Gasteiger partial charge in [-0.1, -0.05) is 12.8 Å². The standard InChI is InChI=1S/C16H23BrN2O2/c17-15-6-5-14(21-15)16(20)18-11-12-7-9-19(10-8-12)13-3-1-2-4-13/h5-6,12-13H,1-4,7-11H2,(H,18,20). The zero-order valence-corrected chi connectivity index (χ0v) is 13.9. The van der Waals surface area contributed by atoms with Crippen LogP contribution in [0.5, 0.6) is 0 Å². The molecular weight excluding hydrogens is 332 g/mol. The van der Waals surface area contributed by atoms with Crippen LogP contribution < -0.4 is 5.32 Å². The Labute approximate surface area is 134 Å². The van der Waals surface area contributed by atoms with Crippen molar-refractivity contribution in [1.82, 2.24) is 10.2 Å². The molecule has 1 aromatic heterocycles. The largest absolute Gasteiger partial charge is 0.444 e. The first-order chi connectivity index (χ1) is 10.2. The summed E-state index contributed by atoms with van der Waals surface area (Å²) in [5.41, 5.74) is 0. The number of piperidine rings is 1. The summed E-state index contributed by atoms with van der Waals surface area (Å²) in [6.45, 7) is 3.14. The Morgan fingerprint density at radius 2 is 1.95 bits per heavy atom. The van der Waals surface area contributed by atoms with Gasteiger partial charge in [0.1, 0.15) is 0 Å². The van der Waals surface area contributed by atoms with E-state index < -0.39 is 0 Å². The summed E-state index contributed by atoms with van der Waals surface area (Å²) in [7, 11) is 0. The van der Waals surface area contributed by atoms with Gasteiger partial charge in [0.25, 0.3) is 5.91 Å². The smallest absolute Gasteiger partial charge is 0.287 e. The molecule has 21 heavy (non-hydrogen) atoms. The third kappa shape index (κ3) is 3.89. The lowest BCUT2D eigenvalue weighted by Crippen LogP contribution is -2.42. The molecule has 1 aliphatic carbocycles. The molecule has 0 aromatic carbocycles. The van der Waals surface area contributed by atoms with E-state index in [0.29, 0.717) is 16.3 Å². The number of carbonyl (C=O) groups excluding carboxylic acids is 1. The minimum Gasteiger partial charge on any atom is -0.444 e. The second kappa shape index (κ2) is 6.97. The second-order valence-electron chi connectivity index (χ2n) is 6.23. The summed E-state index contributed by atoms with van der Waals surface area (Å²) >= 11 is 3.21. The van der Waals surface area contributed by atoms with Crippen molar-refractivity contribution in [3.63, 3.8) is 0 Å². The van der Waals surface area contributed by atoms with Crippen LogP contribution in [0, 0.1) is 5.92 Å². The Kier molecular flexibility index (Phi) is 5.01. The number of rotatable bonds is 4. The molecule has 116 valence electrons. The van der Waals surface area contributed by atoms with Crippen LogP contribution in [0.15, 0.2) is 21.2 Å². The minimum atomic E-state index is -0.112. The number of nitrogens with zero attached hydrogens (tertiary/aromatic N) is 1. The highest BCUT2D eigenvalue weighted by Crippen LogP contribution is 2.27. The summed E-state index contributed by atoms with van der Waals surface area (Å²) in [4.78, 5) is 14.6. The molecule has 1 aliphatic heterocycles. The van der Waals surface area contributed by atoms with E-state index >= 15 is 0 Å². The molecule has 3 rings (SSSR count). The lowest BCUT2D eigenvalue weighted by Gasteiger charge is -2.36. The van der Waals surface area contributed by atoms with Gasteiger partial charge >= 0.3 is 0 Å². The molecule has 2 fully saturated rings. The maximum Gasteiger partial charge on any atom is 0.287 e. The highest BCUT2D eigenvalue weighted by Gasteiger charge is 2.27. The molecule has 5 heteroatoms. The van der Waals surface area contributed by atoms with E-state index in [-0.39, 0.29) is 5.91 Å². The number of carbonyl (C=O) groups is 1. The van der Waals surface area contributed by atoms with Crippen LogP contribution >= 0.6 is 15.9 Å². The fourth-order valence-corrected chi connectivity index (χ4v) is 3.86. The Bertz CT molecular complexity index is 474. The van der Waals surface area contributed by atoms with Crippen LogP contribution in [0.1, 0.15) is 49.1 Å². The zero-order chi connectivity index (χ0) is 14.7. The predicted molar refractivity (Wildman–Crippen MR) is 85.3 cm³/mol. The van der Waals surface area contributed by atoms with Gasteiger partial charge in [-0.15, -0.1) is 0 Å². The fraction of sp³-hybridized carbons (Fsp3) is 0.688. The SMILES string of the molecule is O=C(NCC1CCN(C2CCCC2)CC1)c1ccc(Br)o1. The fourth-order valence-electron chi connectivity index (χ4n) is 3.55. The number of nitrogens with one attached hydrogen (secondary N) is 1. The first-order valence-corrected chi connectivity index (χ1v) is 8.79. The Balaban J connectivity index is 1.40. The summed E-state index contributed by atoms with van der Waals surface area (Å²) in [6.07, 6.45) is 7.96. The molecule has 0 unspecified atom stereocenters. The van der Waals surface area contributed by atoms with Crippen molar-refractivity contribution in [3.8, 4) is 0 Å². The number of hydrogen-bond donors (Lipinski definition) is 1. The number of halogens is 1. The van der Waals surface area contributed by atoms with Crippen molar-refractivity contribution in [3.05, 3.63) is 22.6 Å². The van der Waals surface area contributed by atoms with Crippen LogP contribution in [0.4, 0.5) is 0 Å². The van der Waals surface area contributed by atoms with Crippen LogP contribution in [-0.2, 0) is 0 Å². The Morgan fingerprint density at radius 1 is 1.24 bits per heavy atom. The number of hydrogen-bond acceptors (Lipinski definition) is 3.